The molecule has 0 atom stereocenters. The van der Waals surface area contributed by atoms with E-state index in [1.165, 1.54) is 4.31 Å². The summed E-state index contributed by atoms with van der Waals surface area (Å²) in [6.45, 7) is 0.886. The van der Waals surface area contributed by atoms with Gasteiger partial charge in [-0.3, -0.25) is 4.79 Å². The highest BCUT2D eigenvalue weighted by Gasteiger charge is 2.30. The van der Waals surface area contributed by atoms with Gasteiger partial charge in [-0.05, 0) is 48.2 Å². The van der Waals surface area contributed by atoms with E-state index >= 15 is 0 Å². The van der Waals surface area contributed by atoms with Crippen molar-refractivity contribution in [3.8, 4) is 0 Å². The lowest BCUT2D eigenvalue weighted by Gasteiger charge is -2.28. The van der Waals surface area contributed by atoms with Crippen molar-refractivity contribution in [2.45, 2.75) is 25.6 Å². The van der Waals surface area contributed by atoms with Gasteiger partial charge in [0, 0.05) is 25.2 Å². The van der Waals surface area contributed by atoms with E-state index in [0.29, 0.717) is 19.5 Å². The molecule has 2 aromatic carbocycles. The van der Waals surface area contributed by atoms with Crippen molar-refractivity contribution in [1.82, 2.24) is 9.62 Å². The normalized spacial score (nSPS) is 15.0. The number of amides is 1. The lowest BCUT2D eigenvalue weighted by atomic mass is 10.0. The van der Waals surface area contributed by atoms with Crippen molar-refractivity contribution in [3.63, 3.8) is 0 Å². The molecule has 1 aliphatic rings. The molecular formula is C20H21F3N2O3S. The number of fused-ring (bicyclic) bond motifs is 1. The lowest BCUT2D eigenvalue weighted by Crippen LogP contribution is -2.38. The number of sulfonamides is 1. The van der Waals surface area contributed by atoms with Crippen molar-refractivity contribution in [2.75, 3.05) is 18.8 Å². The molecule has 0 spiro atoms. The first-order chi connectivity index (χ1) is 13.7. The van der Waals surface area contributed by atoms with Gasteiger partial charge in [0.2, 0.25) is 10.0 Å². The van der Waals surface area contributed by atoms with Crippen molar-refractivity contribution < 1.29 is 26.4 Å². The predicted octanol–water partition coefficient (Wildman–Crippen LogP) is 3.21. The Morgan fingerprint density at radius 3 is 2.34 bits per heavy atom. The zero-order valence-corrected chi connectivity index (χ0v) is 16.4. The molecule has 5 nitrogen and oxygen atoms in total. The van der Waals surface area contributed by atoms with E-state index in [2.05, 4.69) is 5.32 Å². The summed E-state index contributed by atoms with van der Waals surface area (Å²) in [5, 5.41) is 2.55. The van der Waals surface area contributed by atoms with Crippen molar-refractivity contribution >= 4 is 15.9 Å². The van der Waals surface area contributed by atoms with Crippen LogP contribution in [0.25, 0.3) is 0 Å². The monoisotopic (exact) mass is 426 g/mol. The Balaban J connectivity index is 1.48. The van der Waals surface area contributed by atoms with Gasteiger partial charge in [0.15, 0.2) is 0 Å². The van der Waals surface area contributed by atoms with Gasteiger partial charge in [0.25, 0.3) is 5.91 Å². The summed E-state index contributed by atoms with van der Waals surface area (Å²) in [6.07, 6.45) is -3.58. The lowest BCUT2D eigenvalue weighted by molar-refractivity contribution is -0.137. The van der Waals surface area contributed by atoms with E-state index in [0.717, 1.165) is 35.4 Å². The fourth-order valence-electron chi connectivity index (χ4n) is 3.21. The maximum Gasteiger partial charge on any atom is 0.416 e. The molecule has 0 saturated carbocycles. The summed E-state index contributed by atoms with van der Waals surface area (Å²) in [7, 11) is -3.45. The Kier molecular flexibility index (Phi) is 6.28. The maximum atomic E-state index is 12.6. The van der Waals surface area contributed by atoms with E-state index in [1.54, 1.807) is 0 Å². The molecule has 1 heterocycles. The smallest absolute Gasteiger partial charge is 0.352 e. The molecular weight excluding hydrogens is 405 g/mol. The molecule has 29 heavy (non-hydrogen) atoms. The summed E-state index contributed by atoms with van der Waals surface area (Å²) in [4.78, 5) is 12.0. The summed E-state index contributed by atoms with van der Waals surface area (Å²) >= 11 is 0. The number of carbonyl (C=O) groups excluding carboxylic acids is 1. The van der Waals surface area contributed by atoms with Crippen LogP contribution in [0.3, 0.4) is 0 Å². The molecule has 156 valence electrons. The SMILES string of the molecule is O=C(NCCCS(=O)(=O)N1CCc2ccccc2C1)c1ccc(C(F)(F)F)cc1. The molecule has 9 heteroatoms. The third kappa shape index (κ3) is 5.36. The number of alkyl halides is 3. The summed E-state index contributed by atoms with van der Waals surface area (Å²) < 4.78 is 64.2. The molecule has 0 bridgehead atoms. The minimum atomic E-state index is -4.46. The van der Waals surface area contributed by atoms with Crippen molar-refractivity contribution in [3.05, 3.63) is 70.8 Å². The second-order valence-corrected chi connectivity index (χ2v) is 8.94. The molecule has 0 fully saturated rings. The Bertz CT molecular complexity index is 973. The molecule has 2 aromatic rings. The number of nitrogens with one attached hydrogen (secondary N) is 1. The number of nitrogens with zero attached hydrogens (tertiary/aromatic N) is 1. The van der Waals surface area contributed by atoms with Gasteiger partial charge in [-0.2, -0.15) is 17.5 Å². The topological polar surface area (TPSA) is 66.5 Å². The number of hydrogen-bond acceptors (Lipinski definition) is 3. The van der Waals surface area contributed by atoms with Crippen molar-refractivity contribution in [2.24, 2.45) is 0 Å². The quantitative estimate of drug-likeness (QED) is 0.722. The van der Waals surface area contributed by atoms with Gasteiger partial charge in [-0.1, -0.05) is 24.3 Å². The number of carbonyl (C=O) groups is 1. The van der Waals surface area contributed by atoms with Gasteiger partial charge in [0.05, 0.1) is 11.3 Å². The minimum absolute atomic E-state index is 0.0912. The molecule has 1 amide bonds. The molecule has 0 aliphatic carbocycles. The summed E-state index contributed by atoms with van der Waals surface area (Å²) in [6, 6.07) is 11.6. The highest BCUT2D eigenvalue weighted by Crippen LogP contribution is 2.29. The first-order valence-corrected chi connectivity index (χ1v) is 10.8. The Hall–Kier alpha value is -2.39. The number of rotatable bonds is 6. The Morgan fingerprint density at radius 1 is 1.03 bits per heavy atom. The number of hydrogen-bond donors (Lipinski definition) is 1. The largest absolute Gasteiger partial charge is 0.416 e. The van der Waals surface area contributed by atoms with E-state index in [-0.39, 0.29) is 24.3 Å². The molecule has 1 aliphatic heterocycles. The van der Waals surface area contributed by atoms with Crippen LogP contribution in [0.15, 0.2) is 48.5 Å². The first kappa shape index (κ1) is 21.3. The van der Waals surface area contributed by atoms with Gasteiger partial charge in [0.1, 0.15) is 0 Å². The molecule has 1 N–H and O–H groups in total. The second-order valence-electron chi connectivity index (χ2n) is 6.85. The van der Waals surface area contributed by atoms with Crippen LogP contribution in [-0.4, -0.2) is 37.5 Å². The van der Waals surface area contributed by atoms with E-state index < -0.39 is 27.7 Å². The fourth-order valence-corrected chi connectivity index (χ4v) is 4.68. The van der Waals surface area contributed by atoms with E-state index in [4.69, 9.17) is 0 Å². The van der Waals surface area contributed by atoms with Crippen molar-refractivity contribution in [1.29, 1.82) is 0 Å². The average molecular weight is 426 g/mol. The van der Waals surface area contributed by atoms with Gasteiger partial charge >= 0.3 is 6.18 Å². The van der Waals surface area contributed by atoms with Crippen LogP contribution in [0.4, 0.5) is 13.2 Å². The van der Waals surface area contributed by atoms with Crippen LogP contribution in [-0.2, 0) is 29.2 Å². The van der Waals surface area contributed by atoms with E-state index in [1.807, 2.05) is 24.3 Å². The number of halogens is 3. The molecule has 0 saturated heterocycles. The molecule has 0 aromatic heterocycles. The highest BCUT2D eigenvalue weighted by atomic mass is 32.2. The predicted molar refractivity (Wildman–Crippen MR) is 103 cm³/mol. The van der Waals surface area contributed by atoms with Gasteiger partial charge in [-0.25, -0.2) is 8.42 Å². The van der Waals surface area contributed by atoms with Crippen LogP contribution in [0.2, 0.25) is 0 Å². The maximum absolute atomic E-state index is 12.6. The molecule has 0 unspecified atom stereocenters. The molecule has 3 rings (SSSR count). The van der Waals surface area contributed by atoms with Crippen LogP contribution >= 0.6 is 0 Å². The van der Waals surface area contributed by atoms with Crippen LogP contribution < -0.4 is 5.32 Å². The fraction of sp³-hybridized carbons (Fsp3) is 0.350. The second kappa shape index (κ2) is 8.54. The molecule has 0 radical (unpaired) electrons. The third-order valence-electron chi connectivity index (χ3n) is 4.83. The van der Waals surface area contributed by atoms with Gasteiger partial charge < -0.3 is 5.32 Å². The average Bonchev–Trinajstić information content (AvgIpc) is 2.70. The number of benzene rings is 2. The summed E-state index contributed by atoms with van der Waals surface area (Å²) in [5.41, 5.74) is 1.41. The first-order valence-electron chi connectivity index (χ1n) is 9.17. The van der Waals surface area contributed by atoms with E-state index in [9.17, 15) is 26.4 Å². The zero-order valence-electron chi connectivity index (χ0n) is 15.6. The summed E-state index contributed by atoms with van der Waals surface area (Å²) in [5.74, 6) is -0.648. The minimum Gasteiger partial charge on any atom is -0.352 e. The highest BCUT2D eigenvalue weighted by molar-refractivity contribution is 7.89. The van der Waals surface area contributed by atoms with Crippen LogP contribution in [0.1, 0.15) is 33.5 Å². The zero-order chi connectivity index (χ0) is 21.1. The van der Waals surface area contributed by atoms with Crippen LogP contribution in [0.5, 0.6) is 0 Å². The Morgan fingerprint density at radius 2 is 1.69 bits per heavy atom. The Labute approximate surface area is 167 Å². The standard InChI is InChI=1S/C20H21F3N2O3S/c21-20(22,23)18-8-6-16(7-9-18)19(26)24-11-3-13-29(27,28)25-12-10-15-4-1-2-5-17(15)14-25/h1-2,4-9H,3,10-14H2,(H,24,26). The van der Waals surface area contributed by atoms with Gasteiger partial charge in [-0.15, -0.1) is 0 Å². The third-order valence-corrected chi connectivity index (χ3v) is 6.73. The van der Waals surface area contributed by atoms with Crippen LogP contribution in [0, 0.1) is 0 Å².